The minimum Gasteiger partial charge on any atom is -0.355 e. The zero-order chi connectivity index (χ0) is 19.4. The topological polar surface area (TPSA) is 89.1 Å². The van der Waals surface area contributed by atoms with Gasteiger partial charge in [0, 0.05) is 46.3 Å². The van der Waals surface area contributed by atoms with Crippen molar-refractivity contribution in [2.45, 2.75) is 32.2 Å². The molecule has 3 N–H and O–H groups in total. The molecule has 26 heavy (non-hydrogen) atoms. The lowest BCUT2D eigenvalue weighted by molar-refractivity contribution is -0.127. The van der Waals surface area contributed by atoms with Gasteiger partial charge in [-0.15, -0.1) is 6.58 Å². The van der Waals surface area contributed by atoms with Crippen LogP contribution in [-0.4, -0.2) is 87.0 Å². The normalized spacial score (nSPS) is 16.0. The van der Waals surface area contributed by atoms with Crippen molar-refractivity contribution in [2.24, 2.45) is 4.99 Å². The highest BCUT2D eigenvalue weighted by Gasteiger charge is 2.21. The molecule has 0 bridgehead atoms. The van der Waals surface area contributed by atoms with Crippen LogP contribution in [0.25, 0.3) is 0 Å². The van der Waals surface area contributed by atoms with E-state index in [0.29, 0.717) is 19.0 Å². The predicted octanol–water partition coefficient (Wildman–Crippen LogP) is -0.214. The van der Waals surface area contributed by atoms with E-state index in [1.807, 2.05) is 6.92 Å². The Hall–Kier alpha value is -2.09. The fourth-order valence-electron chi connectivity index (χ4n) is 2.56. The van der Waals surface area contributed by atoms with Gasteiger partial charge in [-0.3, -0.25) is 14.5 Å². The lowest BCUT2D eigenvalue weighted by atomic mass is 10.1. The van der Waals surface area contributed by atoms with Crippen LogP contribution in [0.15, 0.2) is 17.6 Å². The van der Waals surface area contributed by atoms with E-state index in [-0.39, 0.29) is 24.4 Å². The highest BCUT2D eigenvalue weighted by Crippen LogP contribution is 2.09. The Labute approximate surface area is 157 Å². The fraction of sp³-hybridized carbons (Fsp3) is 0.722. The van der Waals surface area contributed by atoms with E-state index >= 15 is 0 Å². The number of amides is 2. The molecule has 8 nitrogen and oxygen atoms in total. The van der Waals surface area contributed by atoms with Gasteiger partial charge in [0.1, 0.15) is 6.54 Å². The summed E-state index contributed by atoms with van der Waals surface area (Å²) in [4.78, 5) is 31.6. The molecule has 1 aliphatic heterocycles. The highest BCUT2D eigenvalue weighted by molar-refractivity contribution is 5.85. The van der Waals surface area contributed by atoms with Gasteiger partial charge in [-0.1, -0.05) is 13.0 Å². The SMILES string of the molecule is C=CCNC(=NCC(=O)N(C)C)NC1CCN(CC(=O)NCCC)CC1. The summed E-state index contributed by atoms with van der Waals surface area (Å²) in [6.07, 6.45) is 4.56. The Balaban J connectivity index is 2.45. The van der Waals surface area contributed by atoms with Crippen molar-refractivity contribution in [1.29, 1.82) is 0 Å². The van der Waals surface area contributed by atoms with Crippen LogP contribution >= 0.6 is 0 Å². The third-order valence-electron chi connectivity index (χ3n) is 4.15. The van der Waals surface area contributed by atoms with Gasteiger partial charge in [0.2, 0.25) is 11.8 Å². The summed E-state index contributed by atoms with van der Waals surface area (Å²) in [5.74, 6) is 0.673. The number of carbonyl (C=O) groups is 2. The van der Waals surface area contributed by atoms with Gasteiger partial charge in [-0.05, 0) is 19.3 Å². The predicted molar refractivity (Wildman–Crippen MR) is 105 cm³/mol. The average molecular weight is 367 g/mol. The monoisotopic (exact) mass is 366 g/mol. The summed E-state index contributed by atoms with van der Waals surface area (Å²) in [7, 11) is 3.43. The molecule has 1 heterocycles. The minimum absolute atomic E-state index is 0.0439. The molecule has 1 fully saturated rings. The maximum atomic E-state index is 11.8. The maximum Gasteiger partial charge on any atom is 0.243 e. The largest absolute Gasteiger partial charge is 0.355 e. The molecule has 0 radical (unpaired) electrons. The fourth-order valence-corrected chi connectivity index (χ4v) is 2.56. The first-order valence-electron chi connectivity index (χ1n) is 9.31. The summed E-state index contributed by atoms with van der Waals surface area (Å²) in [6, 6.07) is 0.274. The molecular formula is C18H34N6O2. The molecule has 0 unspecified atom stereocenters. The first kappa shape index (κ1) is 22.0. The van der Waals surface area contributed by atoms with Gasteiger partial charge >= 0.3 is 0 Å². The zero-order valence-electron chi connectivity index (χ0n) is 16.4. The number of nitrogens with one attached hydrogen (secondary N) is 3. The molecule has 2 amide bonds. The van der Waals surface area contributed by atoms with Crippen LogP contribution in [0.4, 0.5) is 0 Å². The van der Waals surface area contributed by atoms with Crippen molar-refractivity contribution in [2.75, 3.05) is 53.4 Å². The van der Waals surface area contributed by atoms with E-state index in [1.165, 1.54) is 4.90 Å². The Morgan fingerprint density at radius 1 is 1.27 bits per heavy atom. The van der Waals surface area contributed by atoms with Crippen molar-refractivity contribution in [1.82, 2.24) is 25.8 Å². The number of hydrogen-bond donors (Lipinski definition) is 3. The van der Waals surface area contributed by atoms with Gasteiger partial charge in [-0.2, -0.15) is 0 Å². The number of hydrogen-bond acceptors (Lipinski definition) is 4. The van der Waals surface area contributed by atoms with E-state index in [0.717, 1.165) is 38.9 Å². The third-order valence-corrected chi connectivity index (χ3v) is 4.15. The molecule has 8 heteroatoms. The molecule has 0 aromatic carbocycles. The van der Waals surface area contributed by atoms with E-state index in [2.05, 4.69) is 32.4 Å². The smallest absolute Gasteiger partial charge is 0.243 e. The quantitative estimate of drug-likeness (QED) is 0.298. The number of aliphatic imine (C=N–C) groups is 1. The van der Waals surface area contributed by atoms with Crippen LogP contribution in [0.5, 0.6) is 0 Å². The molecule has 0 aromatic rings. The molecule has 0 saturated carbocycles. The zero-order valence-corrected chi connectivity index (χ0v) is 16.4. The summed E-state index contributed by atoms with van der Waals surface area (Å²) in [5.41, 5.74) is 0. The second kappa shape index (κ2) is 12.3. The molecule has 1 saturated heterocycles. The van der Waals surface area contributed by atoms with Crippen LogP contribution in [0.3, 0.4) is 0 Å². The number of rotatable bonds is 9. The number of nitrogens with zero attached hydrogens (tertiary/aromatic N) is 3. The number of piperidine rings is 1. The first-order valence-corrected chi connectivity index (χ1v) is 9.31. The van der Waals surface area contributed by atoms with Gasteiger partial charge in [0.05, 0.1) is 6.54 Å². The van der Waals surface area contributed by atoms with Crippen LogP contribution in [0.1, 0.15) is 26.2 Å². The summed E-state index contributed by atoms with van der Waals surface area (Å²) in [5, 5.41) is 9.45. The standard InChI is InChI=1S/C18H34N6O2/c1-5-9-19-16(25)14-24-11-7-15(8-12-24)22-18(20-10-6-2)21-13-17(26)23(3)4/h6,15H,2,5,7-14H2,1,3-4H3,(H,19,25)(H2,20,21,22). The molecule has 0 aliphatic carbocycles. The number of carbonyl (C=O) groups excluding carboxylic acids is 2. The van der Waals surface area contributed by atoms with Crippen LogP contribution in [0, 0.1) is 0 Å². The van der Waals surface area contributed by atoms with E-state index in [1.54, 1.807) is 20.2 Å². The van der Waals surface area contributed by atoms with Crippen LogP contribution in [-0.2, 0) is 9.59 Å². The van der Waals surface area contributed by atoms with Crippen LogP contribution in [0.2, 0.25) is 0 Å². The Bertz CT molecular complexity index is 484. The lowest BCUT2D eigenvalue weighted by Crippen LogP contribution is -2.50. The van der Waals surface area contributed by atoms with Crippen LogP contribution < -0.4 is 16.0 Å². The summed E-state index contributed by atoms with van der Waals surface area (Å²) in [6.45, 7) is 9.35. The van der Waals surface area contributed by atoms with E-state index < -0.39 is 0 Å². The van der Waals surface area contributed by atoms with Gasteiger partial charge in [0.25, 0.3) is 0 Å². The third kappa shape index (κ3) is 8.84. The van der Waals surface area contributed by atoms with Crippen molar-refractivity contribution >= 4 is 17.8 Å². The Morgan fingerprint density at radius 2 is 1.96 bits per heavy atom. The molecule has 0 aromatic heterocycles. The molecule has 0 spiro atoms. The number of likely N-dealkylation sites (N-methyl/N-ethyl adjacent to an activating group) is 1. The Morgan fingerprint density at radius 3 is 2.54 bits per heavy atom. The Kier molecular flexibility index (Phi) is 10.4. The highest BCUT2D eigenvalue weighted by atomic mass is 16.2. The van der Waals surface area contributed by atoms with E-state index in [9.17, 15) is 9.59 Å². The lowest BCUT2D eigenvalue weighted by Gasteiger charge is -2.32. The number of guanidine groups is 1. The van der Waals surface area contributed by atoms with Gasteiger partial charge in [0.15, 0.2) is 5.96 Å². The second-order valence-corrected chi connectivity index (χ2v) is 6.67. The molecule has 1 aliphatic rings. The average Bonchev–Trinajstić information content (AvgIpc) is 2.63. The molecule has 1 rings (SSSR count). The molecular weight excluding hydrogens is 332 g/mol. The van der Waals surface area contributed by atoms with Gasteiger partial charge in [-0.25, -0.2) is 4.99 Å². The maximum absolute atomic E-state index is 11.8. The van der Waals surface area contributed by atoms with Crippen molar-refractivity contribution in [3.8, 4) is 0 Å². The van der Waals surface area contributed by atoms with Gasteiger partial charge < -0.3 is 20.9 Å². The van der Waals surface area contributed by atoms with Crippen molar-refractivity contribution in [3.63, 3.8) is 0 Å². The number of likely N-dealkylation sites (tertiary alicyclic amines) is 1. The van der Waals surface area contributed by atoms with Crippen molar-refractivity contribution in [3.05, 3.63) is 12.7 Å². The summed E-state index contributed by atoms with van der Waals surface area (Å²) < 4.78 is 0. The second-order valence-electron chi connectivity index (χ2n) is 6.67. The molecule has 148 valence electrons. The minimum atomic E-state index is -0.0439. The summed E-state index contributed by atoms with van der Waals surface area (Å²) >= 11 is 0. The first-order chi connectivity index (χ1) is 12.5. The van der Waals surface area contributed by atoms with Crippen molar-refractivity contribution < 1.29 is 9.59 Å². The van der Waals surface area contributed by atoms with E-state index in [4.69, 9.17) is 0 Å². The molecule has 0 atom stereocenters.